The van der Waals surface area contributed by atoms with Crippen molar-refractivity contribution in [1.29, 1.82) is 0 Å². The van der Waals surface area contributed by atoms with Gasteiger partial charge in [-0.05, 0) is 36.5 Å². The Bertz CT molecular complexity index is 140. The van der Waals surface area contributed by atoms with Gasteiger partial charge >= 0.3 is 0 Å². The van der Waals surface area contributed by atoms with Crippen LogP contribution in [0.5, 0.6) is 0 Å². The molecule has 0 radical (unpaired) electrons. The number of hydrogen-bond donors (Lipinski definition) is 0. The first-order chi connectivity index (χ1) is 6.69. The largest absolute Gasteiger partial charge is 0.384 e. The number of rotatable bonds is 4. The Balaban J connectivity index is 2.50. The lowest BCUT2D eigenvalue weighted by Crippen LogP contribution is -2.34. The Morgan fingerprint density at radius 3 is 1.50 bits per heavy atom. The Hall–Kier alpha value is -0.0800. The summed E-state index contributed by atoms with van der Waals surface area (Å²) >= 11 is 0. The standard InChI is InChI=1S/C12H24O2/c1-9-5-11(7-13-3)12(8-14-4)6-10(9)2/h9-12H,5-8H2,1-4H3. The zero-order valence-corrected chi connectivity index (χ0v) is 9.95. The van der Waals surface area contributed by atoms with Gasteiger partial charge in [0.15, 0.2) is 0 Å². The molecular weight excluding hydrogens is 176 g/mol. The van der Waals surface area contributed by atoms with Gasteiger partial charge in [0.2, 0.25) is 0 Å². The van der Waals surface area contributed by atoms with Gasteiger partial charge in [0.25, 0.3) is 0 Å². The molecular formula is C12H24O2. The molecule has 1 saturated carbocycles. The van der Waals surface area contributed by atoms with Gasteiger partial charge in [0.05, 0.1) is 0 Å². The number of hydrogen-bond acceptors (Lipinski definition) is 2. The summed E-state index contributed by atoms with van der Waals surface area (Å²) in [7, 11) is 3.60. The maximum Gasteiger partial charge on any atom is 0.0494 e. The molecule has 4 atom stereocenters. The molecule has 0 spiro atoms. The molecule has 14 heavy (non-hydrogen) atoms. The van der Waals surface area contributed by atoms with Crippen molar-refractivity contribution in [1.82, 2.24) is 0 Å². The van der Waals surface area contributed by atoms with E-state index in [1.807, 2.05) is 0 Å². The van der Waals surface area contributed by atoms with E-state index < -0.39 is 0 Å². The smallest absolute Gasteiger partial charge is 0.0494 e. The molecule has 0 aromatic carbocycles. The third kappa shape index (κ3) is 2.96. The SMILES string of the molecule is COCC1CC(C)C(C)CC1COC. The van der Waals surface area contributed by atoms with E-state index in [0.717, 1.165) is 25.0 Å². The summed E-state index contributed by atoms with van der Waals surface area (Å²) in [5, 5.41) is 0. The van der Waals surface area contributed by atoms with E-state index in [4.69, 9.17) is 9.47 Å². The highest BCUT2D eigenvalue weighted by Gasteiger charge is 2.32. The van der Waals surface area contributed by atoms with Gasteiger partial charge in [-0.25, -0.2) is 0 Å². The fourth-order valence-corrected chi connectivity index (χ4v) is 2.64. The van der Waals surface area contributed by atoms with Gasteiger partial charge in [0, 0.05) is 27.4 Å². The van der Waals surface area contributed by atoms with Crippen LogP contribution in [-0.2, 0) is 9.47 Å². The summed E-state index contributed by atoms with van der Waals surface area (Å²) in [6.07, 6.45) is 2.59. The van der Waals surface area contributed by atoms with Gasteiger partial charge in [0.1, 0.15) is 0 Å². The van der Waals surface area contributed by atoms with Crippen molar-refractivity contribution in [3.05, 3.63) is 0 Å². The van der Waals surface area contributed by atoms with Crippen molar-refractivity contribution in [3.8, 4) is 0 Å². The van der Waals surface area contributed by atoms with Crippen LogP contribution in [0, 0.1) is 23.7 Å². The van der Waals surface area contributed by atoms with E-state index >= 15 is 0 Å². The molecule has 2 heteroatoms. The van der Waals surface area contributed by atoms with Crippen LogP contribution in [0.15, 0.2) is 0 Å². The molecule has 0 bridgehead atoms. The molecule has 0 aliphatic heterocycles. The minimum absolute atomic E-state index is 0.700. The van der Waals surface area contributed by atoms with Crippen LogP contribution < -0.4 is 0 Å². The van der Waals surface area contributed by atoms with Gasteiger partial charge in [-0.1, -0.05) is 13.8 Å². The summed E-state index contributed by atoms with van der Waals surface area (Å²) in [6.45, 7) is 6.50. The average Bonchev–Trinajstić information content (AvgIpc) is 2.14. The summed E-state index contributed by atoms with van der Waals surface area (Å²) < 4.78 is 10.6. The molecule has 0 saturated heterocycles. The highest BCUT2D eigenvalue weighted by molar-refractivity contribution is 4.82. The second-order valence-corrected chi connectivity index (χ2v) is 4.86. The van der Waals surface area contributed by atoms with E-state index in [1.54, 1.807) is 14.2 Å². The van der Waals surface area contributed by atoms with Gasteiger partial charge < -0.3 is 9.47 Å². The van der Waals surface area contributed by atoms with E-state index in [0.29, 0.717) is 11.8 Å². The summed E-state index contributed by atoms with van der Waals surface area (Å²) in [4.78, 5) is 0. The average molecular weight is 200 g/mol. The Kier molecular flexibility index (Phi) is 4.90. The fourth-order valence-electron chi connectivity index (χ4n) is 2.64. The topological polar surface area (TPSA) is 18.5 Å². The molecule has 1 aliphatic rings. The van der Waals surface area contributed by atoms with Crippen LogP contribution in [0.3, 0.4) is 0 Å². The van der Waals surface area contributed by atoms with Gasteiger partial charge in [-0.2, -0.15) is 0 Å². The third-order valence-corrected chi connectivity index (χ3v) is 3.75. The Morgan fingerprint density at radius 2 is 1.21 bits per heavy atom. The van der Waals surface area contributed by atoms with Crippen LogP contribution in [0.25, 0.3) is 0 Å². The van der Waals surface area contributed by atoms with E-state index in [2.05, 4.69) is 13.8 Å². The Morgan fingerprint density at radius 1 is 0.857 bits per heavy atom. The minimum Gasteiger partial charge on any atom is -0.384 e. The summed E-state index contributed by atoms with van der Waals surface area (Å²) in [5.74, 6) is 3.07. The molecule has 0 N–H and O–H groups in total. The normalized spacial score (nSPS) is 38.6. The van der Waals surface area contributed by atoms with Crippen LogP contribution in [0.1, 0.15) is 26.7 Å². The molecule has 84 valence electrons. The molecule has 1 rings (SSSR count). The van der Waals surface area contributed by atoms with Crippen LogP contribution in [0.2, 0.25) is 0 Å². The molecule has 2 nitrogen and oxygen atoms in total. The first-order valence-corrected chi connectivity index (χ1v) is 5.66. The first kappa shape index (κ1) is 12.0. The summed E-state index contributed by atoms with van der Waals surface area (Å²) in [5.41, 5.74) is 0. The molecule has 1 aliphatic carbocycles. The van der Waals surface area contributed by atoms with Crippen LogP contribution in [0.4, 0.5) is 0 Å². The van der Waals surface area contributed by atoms with Gasteiger partial charge in [-0.15, -0.1) is 0 Å². The van der Waals surface area contributed by atoms with Crippen molar-refractivity contribution in [3.63, 3.8) is 0 Å². The predicted molar refractivity (Wildman–Crippen MR) is 58.3 cm³/mol. The highest BCUT2D eigenvalue weighted by Crippen LogP contribution is 2.37. The maximum absolute atomic E-state index is 5.29. The summed E-state index contributed by atoms with van der Waals surface area (Å²) in [6, 6.07) is 0. The zero-order valence-electron chi connectivity index (χ0n) is 9.95. The lowest BCUT2D eigenvalue weighted by atomic mass is 9.70. The molecule has 0 aromatic rings. The van der Waals surface area contributed by atoms with Crippen LogP contribution in [-0.4, -0.2) is 27.4 Å². The minimum atomic E-state index is 0.700. The van der Waals surface area contributed by atoms with E-state index in [1.165, 1.54) is 12.8 Å². The third-order valence-electron chi connectivity index (χ3n) is 3.75. The maximum atomic E-state index is 5.29. The van der Waals surface area contributed by atoms with Crippen molar-refractivity contribution in [2.75, 3.05) is 27.4 Å². The highest BCUT2D eigenvalue weighted by atomic mass is 16.5. The molecule has 0 aromatic heterocycles. The van der Waals surface area contributed by atoms with E-state index in [9.17, 15) is 0 Å². The van der Waals surface area contributed by atoms with Crippen LogP contribution >= 0.6 is 0 Å². The van der Waals surface area contributed by atoms with Gasteiger partial charge in [-0.3, -0.25) is 0 Å². The second kappa shape index (κ2) is 5.72. The van der Waals surface area contributed by atoms with E-state index in [-0.39, 0.29) is 0 Å². The molecule has 4 unspecified atom stereocenters. The number of methoxy groups -OCH3 is 2. The monoisotopic (exact) mass is 200 g/mol. The molecule has 0 amide bonds. The van der Waals surface area contributed by atoms with Crippen molar-refractivity contribution in [2.24, 2.45) is 23.7 Å². The molecule has 1 fully saturated rings. The lowest BCUT2D eigenvalue weighted by Gasteiger charge is -2.38. The van der Waals surface area contributed by atoms with Crippen molar-refractivity contribution in [2.45, 2.75) is 26.7 Å². The van der Waals surface area contributed by atoms with Crippen molar-refractivity contribution < 1.29 is 9.47 Å². The predicted octanol–water partition coefficient (Wildman–Crippen LogP) is 2.58. The van der Waals surface area contributed by atoms with Crippen molar-refractivity contribution >= 4 is 0 Å². The Labute approximate surface area is 88.0 Å². The lowest BCUT2D eigenvalue weighted by molar-refractivity contribution is 0.0148. The quantitative estimate of drug-likeness (QED) is 0.694. The zero-order chi connectivity index (χ0) is 10.6. The first-order valence-electron chi connectivity index (χ1n) is 5.66. The second-order valence-electron chi connectivity index (χ2n) is 4.86. The molecule has 0 heterocycles. The fraction of sp³-hybridized carbons (Fsp3) is 1.00. The number of ether oxygens (including phenoxy) is 2.